The second kappa shape index (κ2) is 8.36. The Morgan fingerprint density at radius 2 is 1.92 bits per heavy atom. The second-order valence-corrected chi connectivity index (χ2v) is 11.6. The molecule has 5 rings (SSSR count). The number of rotatable bonds is 8. The van der Waals surface area contributed by atoms with Crippen molar-refractivity contribution in [2.45, 2.75) is 50.2 Å². The van der Waals surface area contributed by atoms with E-state index in [-0.39, 0.29) is 5.75 Å². The van der Waals surface area contributed by atoms with Gasteiger partial charge in [-0.15, -0.1) is 0 Å². The van der Waals surface area contributed by atoms with Crippen LogP contribution in [0.3, 0.4) is 0 Å². The van der Waals surface area contributed by atoms with Gasteiger partial charge in [-0.25, -0.2) is 18.5 Å². The van der Waals surface area contributed by atoms with E-state index in [0.29, 0.717) is 41.9 Å². The number of aromatic nitrogens is 4. The van der Waals surface area contributed by atoms with Crippen LogP contribution in [0.1, 0.15) is 32.3 Å². The summed E-state index contributed by atoms with van der Waals surface area (Å²) < 4.78 is 57.3. The number of hydrogen-bond donors (Lipinski definition) is 2. The molecule has 1 saturated carbocycles. The van der Waals surface area contributed by atoms with Gasteiger partial charge in [0.2, 0.25) is 10.0 Å². The highest BCUT2D eigenvalue weighted by Gasteiger charge is 2.54. The lowest BCUT2D eigenvalue weighted by Gasteiger charge is -2.17. The number of nitrogens with zero attached hydrogens (tertiary/aromatic N) is 4. The number of pyridine rings is 1. The number of ether oxygens (including phenoxy) is 1. The summed E-state index contributed by atoms with van der Waals surface area (Å²) in [7, 11) is -3.95. The first kappa shape index (κ1) is 24.3. The molecule has 12 heteroatoms. The summed E-state index contributed by atoms with van der Waals surface area (Å²) in [5, 5.41) is 19.8. The van der Waals surface area contributed by atoms with Gasteiger partial charge in [-0.2, -0.15) is 13.9 Å². The zero-order valence-corrected chi connectivity index (χ0v) is 20.4. The Morgan fingerprint density at radius 1 is 1.17 bits per heavy atom. The maximum absolute atomic E-state index is 13.0. The van der Waals surface area contributed by atoms with Gasteiger partial charge in [-0.05, 0) is 68.1 Å². The van der Waals surface area contributed by atoms with E-state index < -0.39 is 27.0 Å². The van der Waals surface area contributed by atoms with Crippen molar-refractivity contribution >= 4 is 15.7 Å². The molecule has 0 unspecified atom stereocenters. The number of fused-ring (bicyclic) bond motifs is 1. The molecule has 36 heavy (non-hydrogen) atoms. The van der Waals surface area contributed by atoms with Gasteiger partial charge in [0.1, 0.15) is 16.1 Å². The predicted molar refractivity (Wildman–Crippen MR) is 129 cm³/mol. The number of hydrogen-bond acceptors (Lipinski definition) is 6. The van der Waals surface area contributed by atoms with Gasteiger partial charge in [0.15, 0.2) is 0 Å². The van der Waals surface area contributed by atoms with E-state index in [1.165, 1.54) is 12.1 Å². The van der Waals surface area contributed by atoms with Crippen molar-refractivity contribution in [1.82, 2.24) is 19.2 Å². The Balaban J connectivity index is 1.54. The van der Waals surface area contributed by atoms with Gasteiger partial charge in [-0.1, -0.05) is 0 Å². The highest BCUT2D eigenvalue weighted by atomic mass is 32.2. The van der Waals surface area contributed by atoms with E-state index in [0.717, 1.165) is 11.1 Å². The summed E-state index contributed by atoms with van der Waals surface area (Å²) in [6.45, 7) is 0.669. The molecule has 3 aromatic heterocycles. The van der Waals surface area contributed by atoms with Crippen molar-refractivity contribution in [3.05, 3.63) is 60.7 Å². The quantitative estimate of drug-likeness (QED) is 0.369. The Kier molecular flexibility index (Phi) is 5.65. The van der Waals surface area contributed by atoms with Crippen LogP contribution in [0.15, 0.2) is 55.1 Å². The zero-order chi connectivity index (χ0) is 25.9. The lowest BCUT2D eigenvalue weighted by Crippen LogP contribution is -2.28. The normalized spacial score (nSPS) is 15.5. The topological polar surface area (TPSA) is 125 Å². The van der Waals surface area contributed by atoms with Crippen LogP contribution < -0.4 is 9.88 Å². The smallest absolute Gasteiger partial charge is 0.387 e. The SMILES string of the molecule is CC(C)(O)Cn1cc(-c2ccn3c(-c4cc(OC(F)F)cc(C5(S(N)(=O)=O)CC5)c4)cnc3c2)cn1. The molecular formula is C24H25F2N5O4S. The van der Waals surface area contributed by atoms with E-state index in [2.05, 4.69) is 14.8 Å². The molecule has 190 valence electrons. The largest absolute Gasteiger partial charge is 0.435 e. The predicted octanol–water partition coefficient (Wildman–Crippen LogP) is 3.51. The number of nitrogens with two attached hydrogens (primary N) is 1. The van der Waals surface area contributed by atoms with Crippen LogP contribution in [0.5, 0.6) is 5.75 Å². The first-order valence-electron chi connectivity index (χ1n) is 11.2. The average Bonchev–Trinajstić information content (AvgIpc) is 3.31. The van der Waals surface area contributed by atoms with E-state index >= 15 is 0 Å². The number of imidazole rings is 1. The summed E-state index contributed by atoms with van der Waals surface area (Å²) >= 11 is 0. The number of benzene rings is 1. The standard InChI is InChI=1S/C24H25F2N5O4S/c1-23(2,32)14-30-13-17(11-29-30)15-3-6-31-20(12-28-21(31)9-15)16-7-18(10-19(8-16)35-22(25)26)24(4-5-24)36(27,33)34/h3,6-13,22,32H,4-5,14H2,1-2H3,(H2,27,33,34). The molecule has 1 aromatic carbocycles. The zero-order valence-electron chi connectivity index (χ0n) is 19.6. The van der Waals surface area contributed by atoms with Crippen molar-refractivity contribution < 1.29 is 27.0 Å². The van der Waals surface area contributed by atoms with Crippen molar-refractivity contribution in [3.63, 3.8) is 0 Å². The van der Waals surface area contributed by atoms with Gasteiger partial charge >= 0.3 is 6.61 Å². The van der Waals surface area contributed by atoms with Crippen LogP contribution in [0, 0.1) is 0 Å². The fourth-order valence-electron chi connectivity index (χ4n) is 4.40. The lowest BCUT2D eigenvalue weighted by atomic mass is 10.0. The molecule has 0 aliphatic heterocycles. The molecule has 0 bridgehead atoms. The molecule has 0 saturated heterocycles. The molecule has 0 spiro atoms. The molecule has 9 nitrogen and oxygen atoms in total. The molecule has 1 fully saturated rings. The maximum atomic E-state index is 13.0. The molecule has 3 N–H and O–H groups in total. The van der Waals surface area contributed by atoms with Crippen LogP contribution in [0.4, 0.5) is 8.78 Å². The molecule has 3 heterocycles. The van der Waals surface area contributed by atoms with E-state index in [4.69, 9.17) is 5.14 Å². The number of aliphatic hydroxyl groups is 1. The summed E-state index contributed by atoms with van der Waals surface area (Å²) in [4.78, 5) is 4.46. The molecule has 1 aliphatic carbocycles. The van der Waals surface area contributed by atoms with E-state index in [1.807, 2.05) is 18.3 Å². The fraction of sp³-hybridized carbons (Fsp3) is 0.333. The third-order valence-electron chi connectivity index (χ3n) is 6.23. The van der Waals surface area contributed by atoms with E-state index in [1.54, 1.807) is 47.6 Å². The van der Waals surface area contributed by atoms with Crippen LogP contribution in [-0.2, 0) is 21.3 Å². The minimum atomic E-state index is -3.95. The minimum absolute atomic E-state index is 0.154. The van der Waals surface area contributed by atoms with Gasteiger partial charge < -0.3 is 9.84 Å². The Bertz CT molecular complexity index is 1550. The minimum Gasteiger partial charge on any atom is -0.435 e. The third kappa shape index (κ3) is 4.59. The van der Waals surface area contributed by atoms with Crippen molar-refractivity contribution in [3.8, 4) is 28.1 Å². The monoisotopic (exact) mass is 517 g/mol. The highest BCUT2D eigenvalue weighted by molar-refractivity contribution is 7.90. The van der Waals surface area contributed by atoms with Crippen LogP contribution >= 0.6 is 0 Å². The number of primary sulfonamides is 1. The lowest BCUT2D eigenvalue weighted by molar-refractivity contribution is -0.0498. The summed E-state index contributed by atoms with van der Waals surface area (Å²) in [6.07, 6.45) is 7.50. The van der Waals surface area contributed by atoms with Crippen molar-refractivity contribution in [2.24, 2.45) is 5.14 Å². The molecule has 1 aliphatic rings. The molecule has 4 aromatic rings. The van der Waals surface area contributed by atoms with Gasteiger partial charge in [0.05, 0.1) is 30.2 Å². The fourth-order valence-corrected chi connectivity index (χ4v) is 5.52. The van der Waals surface area contributed by atoms with Crippen LogP contribution in [-0.4, -0.2) is 44.9 Å². The Labute approximate surface area is 206 Å². The van der Waals surface area contributed by atoms with Gasteiger partial charge in [0.25, 0.3) is 0 Å². The Morgan fingerprint density at radius 3 is 2.56 bits per heavy atom. The first-order chi connectivity index (χ1) is 16.8. The van der Waals surface area contributed by atoms with Crippen LogP contribution in [0.25, 0.3) is 28.0 Å². The van der Waals surface area contributed by atoms with E-state index in [9.17, 15) is 22.3 Å². The molecule has 0 amide bonds. The van der Waals surface area contributed by atoms with Crippen LogP contribution in [0.2, 0.25) is 0 Å². The summed E-state index contributed by atoms with van der Waals surface area (Å²) in [5.74, 6) is -0.154. The molecular weight excluding hydrogens is 492 g/mol. The Hall–Kier alpha value is -3.35. The second-order valence-electron chi connectivity index (χ2n) is 9.69. The molecule has 0 radical (unpaired) electrons. The van der Waals surface area contributed by atoms with Crippen molar-refractivity contribution in [2.75, 3.05) is 0 Å². The maximum Gasteiger partial charge on any atom is 0.387 e. The van der Waals surface area contributed by atoms with Gasteiger partial charge in [-0.3, -0.25) is 9.08 Å². The third-order valence-corrected chi connectivity index (χ3v) is 7.96. The average molecular weight is 518 g/mol. The number of alkyl halides is 2. The first-order valence-corrected chi connectivity index (χ1v) is 12.7. The summed E-state index contributed by atoms with van der Waals surface area (Å²) in [5.41, 5.74) is 2.72. The molecule has 0 atom stereocenters. The number of halogens is 2. The summed E-state index contributed by atoms with van der Waals surface area (Å²) in [6, 6.07) is 8.07. The number of sulfonamides is 1. The highest BCUT2D eigenvalue weighted by Crippen LogP contribution is 2.53. The van der Waals surface area contributed by atoms with Gasteiger partial charge in [0, 0.05) is 23.5 Å². The van der Waals surface area contributed by atoms with Crippen molar-refractivity contribution in [1.29, 1.82) is 0 Å².